The molecule has 0 radical (unpaired) electrons. The number of H-pyrrole nitrogens is 1. The van der Waals surface area contributed by atoms with Gasteiger partial charge in [-0.15, -0.1) is 0 Å². The number of hydrogen-bond acceptors (Lipinski definition) is 1. The molecule has 1 aromatic carbocycles. The number of aromatic nitrogens is 2. The lowest BCUT2D eigenvalue weighted by molar-refractivity contribution is 1.12. The molecule has 0 aliphatic carbocycles. The minimum Gasteiger partial charge on any atom is -0.278 e. The van der Waals surface area contributed by atoms with Crippen LogP contribution in [0.15, 0.2) is 30.5 Å². The molecule has 1 heterocycles. The molecule has 0 fully saturated rings. The Labute approximate surface area is 74.8 Å². The summed E-state index contributed by atoms with van der Waals surface area (Å²) in [6.45, 7) is 4.53. The molecule has 12 heavy (non-hydrogen) atoms. The van der Waals surface area contributed by atoms with Crippen molar-refractivity contribution >= 4 is 20.4 Å². The summed E-state index contributed by atoms with van der Waals surface area (Å²) in [6.07, 6.45) is 1.81. The summed E-state index contributed by atoms with van der Waals surface area (Å²) in [5.41, 5.74) is 1.09. The highest BCUT2D eigenvalue weighted by Gasteiger charge is 1.88. The van der Waals surface area contributed by atoms with E-state index in [9.17, 15) is 0 Å². The fourth-order valence-electron chi connectivity index (χ4n) is 0.883. The summed E-state index contributed by atoms with van der Waals surface area (Å²) in [7, 11) is 0.417. The first kappa shape index (κ1) is 9.00. The second-order valence-electron chi connectivity index (χ2n) is 2.66. The normalized spacial score (nSPS) is 9.17. The number of fused-ring (bicyclic) bond motifs is 1. The zero-order chi connectivity index (χ0) is 8.81. The van der Waals surface area contributed by atoms with Gasteiger partial charge in [-0.3, -0.25) is 5.10 Å². The topological polar surface area (TPSA) is 28.7 Å². The fraction of sp³-hybridized carbons (Fsp3) is 0.222. The number of hydrogen-bond donors (Lipinski definition) is 1. The number of nitrogens with zero attached hydrogens (tertiary/aromatic N) is 1. The van der Waals surface area contributed by atoms with E-state index in [1.807, 2.05) is 30.5 Å². The fourth-order valence-corrected chi connectivity index (χ4v) is 0.883. The quantitative estimate of drug-likeness (QED) is 0.612. The van der Waals surface area contributed by atoms with Crippen LogP contribution >= 0.6 is 0 Å². The highest BCUT2D eigenvalue weighted by atomic mass is 28.2. The predicted octanol–water partition coefficient (Wildman–Crippen LogP) is 1.81. The molecule has 0 unspecified atom stereocenters. The summed E-state index contributed by atoms with van der Waals surface area (Å²) in [5.74, 6) is 0. The first-order valence-corrected chi connectivity index (χ1v) is 7.09. The first-order valence-electron chi connectivity index (χ1n) is 4.26. The van der Waals surface area contributed by atoms with Crippen molar-refractivity contribution in [2.45, 2.75) is 13.1 Å². The minimum absolute atomic E-state index is 0.417. The van der Waals surface area contributed by atoms with Crippen LogP contribution in [0, 0.1) is 0 Å². The molecular formula is C9H14N2Si. The van der Waals surface area contributed by atoms with Gasteiger partial charge in [0.25, 0.3) is 0 Å². The summed E-state index contributed by atoms with van der Waals surface area (Å²) in [5, 5.41) is 7.91. The van der Waals surface area contributed by atoms with Gasteiger partial charge in [0.05, 0.1) is 11.7 Å². The van der Waals surface area contributed by atoms with Crippen molar-refractivity contribution in [2.24, 2.45) is 0 Å². The van der Waals surface area contributed by atoms with Crippen LogP contribution in [0.25, 0.3) is 10.9 Å². The van der Waals surface area contributed by atoms with Crippen molar-refractivity contribution in [3.05, 3.63) is 30.5 Å². The molecule has 64 valence electrons. The average Bonchev–Trinajstić information content (AvgIpc) is 2.52. The van der Waals surface area contributed by atoms with Gasteiger partial charge in [-0.2, -0.15) is 5.10 Å². The van der Waals surface area contributed by atoms with Gasteiger partial charge in [-0.1, -0.05) is 31.3 Å². The Hall–Kier alpha value is -1.09. The van der Waals surface area contributed by atoms with E-state index >= 15 is 0 Å². The number of rotatable bonds is 0. The average molecular weight is 178 g/mol. The number of benzene rings is 1. The van der Waals surface area contributed by atoms with Gasteiger partial charge in [-0.25, -0.2) is 0 Å². The lowest BCUT2D eigenvalue weighted by atomic mass is 10.3. The standard InChI is InChI=1S/C7H6N2.C2H8Si/c1-2-4-7-6(3-1)5-8-9-7;1-3-2/h1-5H,(H,8,9);3H2,1-2H3. The van der Waals surface area contributed by atoms with Crippen molar-refractivity contribution < 1.29 is 0 Å². The van der Waals surface area contributed by atoms with Gasteiger partial charge in [-0.05, 0) is 6.07 Å². The molecule has 0 bridgehead atoms. The summed E-state index contributed by atoms with van der Waals surface area (Å²) >= 11 is 0. The van der Waals surface area contributed by atoms with Gasteiger partial charge in [0, 0.05) is 14.9 Å². The van der Waals surface area contributed by atoms with Crippen molar-refractivity contribution in [3.63, 3.8) is 0 Å². The second-order valence-corrected chi connectivity index (χ2v) is 4.08. The Morgan fingerprint density at radius 2 is 1.92 bits per heavy atom. The number of nitrogens with one attached hydrogen (secondary N) is 1. The minimum atomic E-state index is 0.417. The van der Waals surface area contributed by atoms with Gasteiger partial charge in [0.2, 0.25) is 0 Å². The Bertz CT molecular complexity index is 300. The molecule has 0 spiro atoms. The Morgan fingerprint density at radius 1 is 1.25 bits per heavy atom. The number of aromatic amines is 1. The monoisotopic (exact) mass is 178 g/mol. The molecule has 0 saturated heterocycles. The molecule has 0 aliphatic rings. The van der Waals surface area contributed by atoms with Crippen molar-refractivity contribution in [1.29, 1.82) is 0 Å². The first-order chi connectivity index (χ1) is 5.88. The van der Waals surface area contributed by atoms with E-state index in [1.165, 1.54) is 0 Å². The van der Waals surface area contributed by atoms with Crippen LogP contribution in [0.4, 0.5) is 0 Å². The predicted molar refractivity (Wildman–Crippen MR) is 56.4 cm³/mol. The Morgan fingerprint density at radius 3 is 2.58 bits per heavy atom. The van der Waals surface area contributed by atoms with Gasteiger partial charge < -0.3 is 0 Å². The summed E-state index contributed by atoms with van der Waals surface area (Å²) < 4.78 is 0. The lowest BCUT2D eigenvalue weighted by Gasteiger charge is -1.81. The molecule has 2 aromatic rings. The van der Waals surface area contributed by atoms with E-state index in [0.717, 1.165) is 10.9 Å². The Balaban J connectivity index is 0.000000213. The molecule has 2 nitrogen and oxygen atoms in total. The SMILES string of the molecule is C[SiH2]C.c1ccc2[nH]ncc2c1. The number of para-hydroxylation sites is 1. The van der Waals surface area contributed by atoms with Crippen LogP contribution in [0.3, 0.4) is 0 Å². The van der Waals surface area contributed by atoms with Crippen molar-refractivity contribution in [2.75, 3.05) is 0 Å². The maximum absolute atomic E-state index is 3.88. The third-order valence-corrected chi connectivity index (χ3v) is 1.35. The molecule has 2 rings (SSSR count). The largest absolute Gasteiger partial charge is 0.278 e. The van der Waals surface area contributed by atoms with Crippen LogP contribution < -0.4 is 0 Å². The Kier molecular flexibility index (Phi) is 3.54. The third-order valence-electron chi connectivity index (χ3n) is 1.35. The molecule has 0 atom stereocenters. The van der Waals surface area contributed by atoms with E-state index < -0.39 is 0 Å². The van der Waals surface area contributed by atoms with Gasteiger partial charge in [0.15, 0.2) is 0 Å². The third kappa shape index (κ3) is 2.20. The second kappa shape index (κ2) is 4.72. The molecule has 0 saturated carbocycles. The molecular weight excluding hydrogens is 164 g/mol. The molecule has 0 aliphatic heterocycles. The highest BCUT2D eigenvalue weighted by Crippen LogP contribution is 2.06. The summed E-state index contributed by atoms with van der Waals surface area (Å²) in [4.78, 5) is 0. The van der Waals surface area contributed by atoms with E-state index in [-0.39, 0.29) is 0 Å². The molecule has 0 amide bonds. The van der Waals surface area contributed by atoms with Crippen molar-refractivity contribution in [1.82, 2.24) is 10.2 Å². The molecule has 1 N–H and O–H groups in total. The zero-order valence-corrected chi connectivity index (χ0v) is 8.96. The highest BCUT2D eigenvalue weighted by molar-refractivity contribution is 6.31. The van der Waals surface area contributed by atoms with Crippen LogP contribution in [0.2, 0.25) is 13.1 Å². The van der Waals surface area contributed by atoms with Gasteiger partial charge >= 0.3 is 0 Å². The lowest BCUT2D eigenvalue weighted by Crippen LogP contribution is -1.63. The maximum Gasteiger partial charge on any atom is 0.0650 e. The molecule has 1 aromatic heterocycles. The smallest absolute Gasteiger partial charge is 0.0650 e. The van der Waals surface area contributed by atoms with E-state index in [2.05, 4.69) is 23.3 Å². The summed E-state index contributed by atoms with van der Waals surface area (Å²) in [6, 6.07) is 8.01. The van der Waals surface area contributed by atoms with Crippen molar-refractivity contribution in [3.8, 4) is 0 Å². The van der Waals surface area contributed by atoms with Crippen LogP contribution in [0.5, 0.6) is 0 Å². The van der Waals surface area contributed by atoms with Crippen LogP contribution in [0.1, 0.15) is 0 Å². The van der Waals surface area contributed by atoms with Crippen LogP contribution in [-0.4, -0.2) is 19.7 Å². The maximum atomic E-state index is 3.88. The molecule has 3 heteroatoms. The zero-order valence-electron chi connectivity index (χ0n) is 7.54. The van der Waals surface area contributed by atoms with E-state index in [1.54, 1.807) is 0 Å². The van der Waals surface area contributed by atoms with Crippen LogP contribution in [-0.2, 0) is 0 Å². The van der Waals surface area contributed by atoms with Gasteiger partial charge in [0.1, 0.15) is 0 Å². The van der Waals surface area contributed by atoms with E-state index in [0.29, 0.717) is 9.52 Å². The van der Waals surface area contributed by atoms with E-state index in [4.69, 9.17) is 0 Å².